The van der Waals surface area contributed by atoms with Crippen molar-refractivity contribution in [2.75, 3.05) is 6.54 Å². The van der Waals surface area contributed by atoms with Crippen molar-refractivity contribution in [3.05, 3.63) is 47.8 Å². The molecule has 1 N–H and O–H groups in total. The molecule has 2 aromatic heterocycles. The van der Waals surface area contributed by atoms with Crippen molar-refractivity contribution in [3.8, 4) is 0 Å². The van der Waals surface area contributed by atoms with E-state index in [1.807, 2.05) is 12.3 Å². The van der Waals surface area contributed by atoms with Gasteiger partial charge in [-0.15, -0.1) is 0 Å². The fourth-order valence-electron chi connectivity index (χ4n) is 2.31. The van der Waals surface area contributed by atoms with Crippen LogP contribution >= 0.6 is 0 Å². The predicted octanol–water partition coefficient (Wildman–Crippen LogP) is 1.89. The molecule has 0 bridgehead atoms. The summed E-state index contributed by atoms with van der Waals surface area (Å²) in [6, 6.07) is 5.33. The van der Waals surface area contributed by atoms with E-state index in [9.17, 15) is 4.79 Å². The Labute approximate surface area is 118 Å². The highest BCUT2D eigenvalue weighted by molar-refractivity contribution is 5.92. The highest BCUT2D eigenvalue weighted by Gasteiger charge is 2.28. The third-order valence-electron chi connectivity index (χ3n) is 3.55. The highest BCUT2D eigenvalue weighted by Crippen LogP contribution is 2.39. The van der Waals surface area contributed by atoms with Gasteiger partial charge in [0.25, 0.3) is 5.91 Å². The summed E-state index contributed by atoms with van der Waals surface area (Å²) in [4.78, 5) is 20.4. The van der Waals surface area contributed by atoms with Crippen molar-refractivity contribution in [3.63, 3.8) is 0 Å². The Balaban J connectivity index is 1.58. The molecule has 104 valence electrons. The normalized spacial score (nSPS) is 14.2. The fraction of sp³-hybridized carbons (Fsp3) is 0.400. The lowest BCUT2D eigenvalue weighted by molar-refractivity contribution is 0.0947. The van der Waals surface area contributed by atoms with Gasteiger partial charge in [-0.1, -0.05) is 6.07 Å². The van der Waals surface area contributed by atoms with E-state index in [1.165, 1.54) is 12.8 Å². The number of imidazole rings is 1. The van der Waals surface area contributed by atoms with Crippen LogP contribution in [0.1, 0.15) is 40.8 Å². The number of amides is 1. The number of pyridine rings is 1. The van der Waals surface area contributed by atoms with Crippen LogP contribution in [0, 0.1) is 6.92 Å². The average molecular weight is 270 g/mol. The van der Waals surface area contributed by atoms with Gasteiger partial charge in [0.2, 0.25) is 0 Å². The van der Waals surface area contributed by atoms with Crippen LogP contribution in [-0.2, 0) is 6.54 Å². The second kappa shape index (κ2) is 5.45. The second-order valence-corrected chi connectivity index (χ2v) is 5.15. The SMILES string of the molecule is Cc1cnc(C2CC2)n1CCNC(=O)c1ccccn1. The van der Waals surface area contributed by atoms with Gasteiger partial charge < -0.3 is 9.88 Å². The maximum Gasteiger partial charge on any atom is 0.269 e. The van der Waals surface area contributed by atoms with Crippen molar-refractivity contribution < 1.29 is 4.79 Å². The molecule has 0 spiro atoms. The molecule has 5 heteroatoms. The molecular weight excluding hydrogens is 252 g/mol. The Bertz CT molecular complexity index is 602. The summed E-state index contributed by atoms with van der Waals surface area (Å²) in [7, 11) is 0. The van der Waals surface area contributed by atoms with Crippen molar-refractivity contribution in [2.45, 2.75) is 32.2 Å². The Morgan fingerprint density at radius 3 is 2.95 bits per heavy atom. The van der Waals surface area contributed by atoms with Crippen LogP contribution in [0.2, 0.25) is 0 Å². The molecule has 2 heterocycles. The van der Waals surface area contributed by atoms with Crippen molar-refractivity contribution in [1.82, 2.24) is 19.9 Å². The smallest absolute Gasteiger partial charge is 0.269 e. The van der Waals surface area contributed by atoms with E-state index in [1.54, 1.807) is 18.3 Å². The van der Waals surface area contributed by atoms with Crippen LogP contribution in [0.4, 0.5) is 0 Å². The average Bonchev–Trinajstić information content (AvgIpc) is 3.25. The molecule has 1 saturated carbocycles. The van der Waals surface area contributed by atoms with E-state index in [4.69, 9.17) is 0 Å². The fourth-order valence-corrected chi connectivity index (χ4v) is 2.31. The number of carbonyl (C=O) groups excluding carboxylic acids is 1. The number of nitrogens with zero attached hydrogens (tertiary/aromatic N) is 3. The Hall–Kier alpha value is -2.17. The molecular formula is C15H18N4O. The van der Waals surface area contributed by atoms with Crippen LogP contribution in [0.3, 0.4) is 0 Å². The van der Waals surface area contributed by atoms with E-state index in [-0.39, 0.29) is 5.91 Å². The summed E-state index contributed by atoms with van der Waals surface area (Å²) in [5, 5.41) is 2.90. The van der Waals surface area contributed by atoms with Crippen molar-refractivity contribution >= 4 is 5.91 Å². The molecule has 5 nitrogen and oxygen atoms in total. The third-order valence-corrected chi connectivity index (χ3v) is 3.55. The van der Waals surface area contributed by atoms with E-state index in [0.29, 0.717) is 18.2 Å². The number of hydrogen-bond donors (Lipinski definition) is 1. The molecule has 1 aliphatic rings. The summed E-state index contributed by atoms with van der Waals surface area (Å²) in [5.41, 5.74) is 1.61. The van der Waals surface area contributed by atoms with Gasteiger partial charge in [-0.05, 0) is 31.9 Å². The minimum Gasteiger partial charge on any atom is -0.349 e. The van der Waals surface area contributed by atoms with Crippen LogP contribution in [0.15, 0.2) is 30.6 Å². The predicted molar refractivity (Wildman–Crippen MR) is 75.5 cm³/mol. The Morgan fingerprint density at radius 2 is 2.25 bits per heavy atom. The first-order valence-electron chi connectivity index (χ1n) is 6.97. The molecule has 1 aliphatic carbocycles. The zero-order chi connectivity index (χ0) is 13.9. The van der Waals surface area contributed by atoms with Crippen LogP contribution in [0.5, 0.6) is 0 Å². The van der Waals surface area contributed by atoms with E-state index >= 15 is 0 Å². The molecule has 20 heavy (non-hydrogen) atoms. The first-order chi connectivity index (χ1) is 9.75. The largest absolute Gasteiger partial charge is 0.349 e. The maximum atomic E-state index is 11.9. The van der Waals surface area contributed by atoms with E-state index in [2.05, 4.69) is 26.8 Å². The molecule has 0 saturated heterocycles. The number of carbonyl (C=O) groups is 1. The van der Waals surface area contributed by atoms with Gasteiger partial charge in [0.05, 0.1) is 0 Å². The van der Waals surface area contributed by atoms with Crippen LogP contribution in [-0.4, -0.2) is 27.0 Å². The van der Waals surface area contributed by atoms with Gasteiger partial charge in [-0.2, -0.15) is 0 Å². The summed E-state index contributed by atoms with van der Waals surface area (Å²) in [6.45, 7) is 3.40. The first-order valence-corrected chi connectivity index (χ1v) is 6.97. The summed E-state index contributed by atoms with van der Waals surface area (Å²) < 4.78 is 2.20. The van der Waals surface area contributed by atoms with Gasteiger partial charge in [0.15, 0.2) is 0 Å². The lowest BCUT2D eigenvalue weighted by Gasteiger charge is -2.10. The summed E-state index contributed by atoms with van der Waals surface area (Å²) >= 11 is 0. The molecule has 1 amide bonds. The molecule has 0 atom stereocenters. The lowest BCUT2D eigenvalue weighted by atomic mass is 10.3. The summed E-state index contributed by atoms with van der Waals surface area (Å²) in [6.07, 6.45) is 6.00. The van der Waals surface area contributed by atoms with Gasteiger partial charge in [-0.25, -0.2) is 4.98 Å². The molecule has 1 fully saturated rings. The number of rotatable bonds is 5. The van der Waals surface area contributed by atoms with Crippen LogP contribution < -0.4 is 5.32 Å². The quantitative estimate of drug-likeness (QED) is 0.902. The minimum absolute atomic E-state index is 0.128. The number of aromatic nitrogens is 3. The van der Waals surface area contributed by atoms with Crippen molar-refractivity contribution in [1.29, 1.82) is 0 Å². The summed E-state index contributed by atoms with van der Waals surface area (Å²) in [5.74, 6) is 1.65. The van der Waals surface area contributed by atoms with Gasteiger partial charge in [0, 0.05) is 37.1 Å². The standard InChI is InChI=1S/C15H18N4O/c1-11-10-18-14(12-5-6-12)19(11)9-8-17-15(20)13-4-2-3-7-16-13/h2-4,7,10,12H,5-6,8-9H2,1H3,(H,17,20). The zero-order valence-electron chi connectivity index (χ0n) is 11.5. The molecule has 3 rings (SSSR count). The maximum absolute atomic E-state index is 11.9. The van der Waals surface area contributed by atoms with Crippen LogP contribution in [0.25, 0.3) is 0 Å². The molecule has 0 unspecified atom stereocenters. The van der Waals surface area contributed by atoms with Gasteiger partial charge in [0.1, 0.15) is 11.5 Å². The number of aryl methyl sites for hydroxylation is 1. The van der Waals surface area contributed by atoms with Crippen molar-refractivity contribution in [2.24, 2.45) is 0 Å². The minimum atomic E-state index is -0.128. The van der Waals surface area contributed by atoms with Gasteiger partial charge >= 0.3 is 0 Å². The first kappa shape index (κ1) is 12.8. The highest BCUT2D eigenvalue weighted by atomic mass is 16.1. The monoisotopic (exact) mass is 270 g/mol. The molecule has 2 aromatic rings. The lowest BCUT2D eigenvalue weighted by Crippen LogP contribution is -2.28. The second-order valence-electron chi connectivity index (χ2n) is 5.15. The van der Waals surface area contributed by atoms with Gasteiger partial charge in [-0.3, -0.25) is 9.78 Å². The Kier molecular flexibility index (Phi) is 3.50. The number of nitrogens with one attached hydrogen (secondary N) is 1. The van der Waals surface area contributed by atoms with E-state index in [0.717, 1.165) is 18.1 Å². The van der Waals surface area contributed by atoms with E-state index < -0.39 is 0 Å². The number of hydrogen-bond acceptors (Lipinski definition) is 3. The molecule has 0 aromatic carbocycles. The molecule has 0 radical (unpaired) electrons. The third kappa shape index (κ3) is 2.71. The zero-order valence-corrected chi connectivity index (χ0v) is 11.5. The Morgan fingerprint density at radius 1 is 1.40 bits per heavy atom. The topological polar surface area (TPSA) is 59.8 Å². The molecule has 0 aliphatic heterocycles.